The number of methoxy groups -OCH3 is 1. The van der Waals surface area contributed by atoms with Crippen LogP contribution in [0.3, 0.4) is 0 Å². The standard InChI is InChI=1S/C15H15N3O3S/c1-15(13(19)17-14-16-7-8-22-14)9-12(18-21-15)10-3-5-11(20-2)6-4-10/h3-8H,9H2,1-2H3,(H,16,17,19). The van der Waals surface area contributed by atoms with Crippen molar-refractivity contribution in [2.45, 2.75) is 18.9 Å². The second-order valence-corrected chi connectivity index (χ2v) is 5.95. The number of ether oxygens (including phenoxy) is 1. The Bertz CT molecular complexity index is 697. The van der Waals surface area contributed by atoms with E-state index in [1.807, 2.05) is 24.3 Å². The van der Waals surface area contributed by atoms with Gasteiger partial charge >= 0.3 is 0 Å². The molecule has 22 heavy (non-hydrogen) atoms. The Balaban J connectivity index is 1.70. The molecule has 1 amide bonds. The number of benzene rings is 1. The maximum Gasteiger partial charge on any atom is 0.273 e. The summed E-state index contributed by atoms with van der Waals surface area (Å²) in [7, 11) is 1.62. The van der Waals surface area contributed by atoms with E-state index in [9.17, 15) is 4.79 Å². The Hall–Kier alpha value is -2.41. The average Bonchev–Trinajstić information content (AvgIpc) is 3.18. The summed E-state index contributed by atoms with van der Waals surface area (Å²) >= 11 is 1.36. The first kappa shape index (κ1) is 14.5. The van der Waals surface area contributed by atoms with Crippen LogP contribution in [0.15, 0.2) is 41.0 Å². The van der Waals surface area contributed by atoms with E-state index >= 15 is 0 Å². The average molecular weight is 317 g/mol. The fourth-order valence-electron chi connectivity index (χ4n) is 2.11. The Labute approximate surface area is 131 Å². The van der Waals surface area contributed by atoms with Gasteiger partial charge in [-0.2, -0.15) is 0 Å². The zero-order valence-electron chi connectivity index (χ0n) is 12.2. The van der Waals surface area contributed by atoms with Gasteiger partial charge in [0.25, 0.3) is 5.91 Å². The van der Waals surface area contributed by atoms with Gasteiger partial charge in [-0.05, 0) is 36.8 Å². The van der Waals surface area contributed by atoms with Crippen LogP contribution >= 0.6 is 11.3 Å². The molecule has 0 radical (unpaired) electrons. The molecule has 1 N–H and O–H groups in total. The van der Waals surface area contributed by atoms with Crippen LogP contribution in [0, 0.1) is 0 Å². The number of carbonyl (C=O) groups excluding carboxylic acids is 1. The molecule has 0 saturated heterocycles. The predicted octanol–water partition coefficient (Wildman–Crippen LogP) is 2.67. The second kappa shape index (κ2) is 5.76. The number of anilines is 1. The van der Waals surface area contributed by atoms with Gasteiger partial charge in [0.05, 0.1) is 12.8 Å². The number of carbonyl (C=O) groups is 1. The minimum atomic E-state index is -1.03. The van der Waals surface area contributed by atoms with E-state index in [-0.39, 0.29) is 5.91 Å². The first-order valence-corrected chi connectivity index (χ1v) is 7.59. The smallest absolute Gasteiger partial charge is 0.273 e. The fourth-order valence-corrected chi connectivity index (χ4v) is 2.64. The number of aromatic nitrogens is 1. The maximum absolute atomic E-state index is 12.3. The Morgan fingerprint density at radius 1 is 1.41 bits per heavy atom. The molecule has 7 heteroatoms. The highest BCUT2D eigenvalue weighted by molar-refractivity contribution is 7.13. The third-order valence-electron chi connectivity index (χ3n) is 3.42. The van der Waals surface area contributed by atoms with Crippen molar-refractivity contribution in [2.24, 2.45) is 5.16 Å². The summed E-state index contributed by atoms with van der Waals surface area (Å²) in [6.07, 6.45) is 2.04. The summed E-state index contributed by atoms with van der Waals surface area (Å²) in [4.78, 5) is 21.8. The van der Waals surface area contributed by atoms with Crippen molar-refractivity contribution in [3.05, 3.63) is 41.4 Å². The maximum atomic E-state index is 12.3. The molecule has 0 bridgehead atoms. The highest BCUT2D eigenvalue weighted by Gasteiger charge is 2.42. The Kier molecular flexibility index (Phi) is 3.81. The van der Waals surface area contributed by atoms with E-state index in [2.05, 4.69) is 15.5 Å². The summed E-state index contributed by atoms with van der Waals surface area (Å²) in [5.41, 5.74) is 0.618. The van der Waals surface area contributed by atoms with Crippen LogP contribution in [0.4, 0.5) is 5.13 Å². The van der Waals surface area contributed by atoms with Gasteiger partial charge in [0.15, 0.2) is 5.13 Å². The largest absolute Gasteiger partial charge is 0.497 e. The van der Waals surface area contributed by atoms with Crippen LogP contribution in [0.1, 0.15) is 18.9 Å². The van der Waals surface area contributed by atoms with Gasteiger partial charge in [0, 0.05) is 18.0 Å². The highest BCUT2D eigenvalue weighted by atomic mass is 32.1. The Morgan fingerprint density at radius 2 is 2.18 bits per heavy atom. The fraction of sp³-hybridized carbons (Fsp3) is 0.267. The number of nitrogens with zero attached hydrogens (tertiary/aromatic N) is 2. The van der Waals surface area contributed by atoms with Gasteiger partial charge in [-0.1, -0.05) is 5.16 Å². The van der Waals surface area contributed by atoms with E-state index < -0.39 is 5.60 Å². The predicted molar refractivity (Wildman–Crippen MR) is 84.4 cm³/mol. The van der Waals surface area contributed by atoms with Crippen LogP contribution < -0.4 is 10.1 Å². The number of oxime groups is 1. The van der Waals surface area contributed by atoms with Crippen LogP contribution in [0.2, 0.25) is 0 Å². The number of rotatable bonds is 4. The van der Waals surface area contributed by atoms with E-state index in [4.69, 9.17) is 9.57 Å². The van der Waals surface area contributed by atoms with Crippen molar-refractivity contribution in [1.29, 1.82) is 0 Å². The number of hydrogen-bond acceptors (Lipinski definition) is 6. The van der Waals surface area contributed by atoms with Crippen LogP contribution in [-0.2, 0) is 9.63 Å². The first-order chi connectivity index (χ1) is 10.6. The van der Waals surface area contributed by atoms with E-state index in [0.29, 0.717) is 11.6 Å². The van der Waals surface area contributed by atoms with Crippen molar-refractivity contribution in [3.8, 4) is 5.75 Å². The molecule has 2 aromatic rings. The van der Waals surface area contributed by atoms with Crippen molar-refractivity contribution in [2.75, 3.05) is 12.4 Å². The third kappa shape index (κ3) is 2.80. The monoisotopic (exact) mass is 317 g/mol. The molecule has 1 aromatic heterocycles. The van der Waals surface area contributed by atoms with E-state index in [1.54, 1.807) is 25.6 Å². The molecule has 0 spiro atoms. The van der Waals surface area contributed by atoms with Crippen molar-refractivity contribution in [3.63, 3.8) is 0 Å². The molecular weight excluding hydrogens is 302 g/mol. The topological polar surface area (TPSA) is 72.8 Å². The molecule has 1 aliphatic rings. The van der Waals surface area contributed by atoms with E-state index in [0.717, 1.165) is 17.0 Å². The summed E-state index contributed by atoms with van der Waals surface area (Å²) in [6, 6.07) is 7.49. The Morgan fingerprint density at radius 3 is 2.82 bits per heavy atom. The number of hydrogen-bond donors (Lipinski definition) is 1. The minimum Gasteiger partial charge on any atom is -0.497 e. The first-order valence-electron chi connectivity index (χ1n) is 6.71. The van der Waals surface area contributed by atoms with Crippen LogP contribution in [0.5, 0.6) is 5.75 Å². The third-order valence-corrected chi connectivity index (χ3v) is 4.11. The molecule has 1 unspecified atom stereocenters. The summed E-state index contributed by atoms with van der Waals surface area (Å²) < 4.78 is 5.13. The highest BCUT2D eigenvalue weighted by Crippen LogP contribution is 2.29. The van der Waals surface area contributed by atoms with Crippen molar-refractivity contribution >= 4 is 28.1 Å². The van der Waals surface area contributed by atoms with Gasteiger partial charge in [-0.15, -0.1) is 11.3 Å². The van der Waals surface area contributed by atoms with Crippen molar-refractivity contribution < 1.29 is 14.4 Å². The van der Waals surface area contributed by atoms with Gasteiger partial charge in [-0.3, -0.25) is 10.1 Å². The second-order valence-electron chi connectivity index (χ2n) is 5.06. The molecule has 2 heterocycles. The summed E-state index contributed by atoms with van der Waals surface area (Å²) in [5, 5.41) is 9.15. The van der Waals surface area contributed by atoms with Gasteiger partial charge in [0.1, 0.15) is 5.75 Å². The normalized spacial score (nSPS) is 20.2. The molecule has 3 rings (SSSR count). The lowest BCUT2D eigenvalue weighted by atomic mass is 9.95. The van der Waals surface area contributed by atoms with Gasteiger partial charge < -0.3 is 9.57 Å². The molecule has 0 saturated carbocycles. The minimum absolute atomic E-state index is 0.255. The molecule has 114 valence electrons. The quantitative estimate of drug-likeness (QED) is 0.941. The molecule has 1 atom stereocenters. The molecule has 6 nitrogen and oxygen atoms in total. The van der Waals surface area contributed by atoms with Gasteiger partial charge in [-0.25, -0.2) is 4.98 Å². The lowest BCUT2D eigenvalue weighted by molar-refractivity contribution is -0.135. The van der Waals surface area contributed by atoms with Crippen molar-refractivity contribution in [1.82, 2.24) is 4.98 Å². The lowest BCUT2D eigenvalue weighted by Crippen LogP contribution is -2.40. The molecule has 1 aromatic carbocycles. The zero-order valence-corrected chi connectivity index (χ0v) is 13.0. The summed E-state index contributed by atoms with van der Waals surface area (Å²) in [6.45, 7) is 1.72. The lowest BCUT2D eigenvalue weighted by Gasteiger charge is -2.19. The van der Waals surface area contributed by atoms with Crippen LogP contribution in [0.25, 0.3) is 0 Å². The number of thiazole rings is 1. The number of nitrogens with one attached hydrogen (secondary N) is 1. The van der Waals surface area contributed by atoms with E-state index in [1.165, 1.54) is 11.3 Å². The molecule has 0 aliphatic carbocycles. The molecule has 0 fully saturated rings. The molecule has 1 aliphatic heterocycles. The summed E-state index contributed by atoms with van der Waals surface area (Å²) in [5.74, 6) is 0.516. The number of amides is 1. The molecular formula is C15H15N3O3S. The van der Waals surface area contributed by atoms with Gasteiger partial charge in [0.2, 0.25) is 5.60 Å². The SMILES string of the molecule is COc1ccc(C2=NOC(C)(C(=O)Nc3nccs3)C2)cc1. The van der Waals surface area contributed by atoms with Crippen LogP contribution in [-0.4, -0.2) is 29.3 Å². The zero-order chi connectivity index (χ0) is 15.6.